The second kappa shape index (κ2) is 4.95. The lowest BCUT2D eigenvalue weighted by atomic mass is 9.82. The molecular weight excluding hydrogens is 280 g/mol. The molecule has 110 valence electrons. The van der Waals surface area contributed by atoms with Gasteiger partial charge in [0, 0.05) is 6.07 Å². The summed E-state index contributed by atoms with van der Waals surface area (Å²) in [6, 6.07) is 2.75. The number of hydrogen-bond acceptors (Lipinski definition) is 2. The maximum atomic E-state index is 13.5. The molecule has 0 unspecified atom stereocenters. The Balaban J connectivity index is 1.83. The van der Waals surface area contributed by atoms with Gasteiger partial charge in [-0.05, 0) is 30.4 Å². The van der Waals surface area contributed by atoms with E-state index in [9.17, 15) is 23.5 Å². The molecule has 21 heavy (non-hydrogen) atoms. The Morgan fingerprint density at radius 1 is 1.14 bits per heavy atom. The summed E-state index contributed by atoms with van der Waals surface area (Å²) in [5.41, 5.74) is -0.268. The van der Waals surface area contributed by atoms with Crippen molar-refractivity contribution in [3.05, 3.63) is 42.0 Å². The highest BCUT2D eigenvalue weighted by molar-refractivity contribution is 5.96. The zero-order valence-corrected chi connectivity index (χ0v) is 10.9. The summed E-state index contributed by atoms with van der Waals surface area (Å²) in [5, 5.41) is 11.6. The zero-order chi connectivity index (χ0) is 15.1. The van der Waals surface area contributed by atoms with Crippen LogP contribution in [-0.4, -0.2) is 17.0 Å². The molecule has 2 N–H and O–H groups in total. The van der Waals surface area contributed by atoms with E-state index >= 15 is 0 Å². The maximum Gasteiger partial charge on any atom is 0.307 e. The summed E-state index contributed by atoms with van der Waals surface area (Å²) in [6.45, 7) is 0. The topological polar surface area (TPSA) is 66.4 Å². The second-order valence-corrected chi connectivity index (χ2v) is 5.45. The van der Waals surface area contributed by atoms with E-state index in [2.05, 4.69) is 5.32 Å². The van der Waals surface area contributed by atoms with Crippen LogP contribution in [0, 0.1) is 35.3 Å². The third kappa shape index (κ3) is 2.30. The third-order valence-electron chi connectivity index (χ3n) is 4.23. The van der Waals surface area contributed by atoms with E-state index in [0.29, 0.717) is 6.42 Å². The quantitative estimate of drug-likeness (QED) is 0.841. The summed E-state index contributed by atoms with van der Waals surface area (Å²) in [5.74, 6) is -4.93. The number of hydrogen-bond donors (Lipinski definition) is 2. The normalized spacial score (nSPS) is 29.6. The summed E-state index contributed by atoms with van der Waals surface area (Å²) >= 11 is 0. The molecule has 2 aliphatic carbocycles. The zero-order valence-electron chi connectivity index (χ0n) is 10.9. The first-order valence-electron chi connectivity index (χ1n) is 6.64. The predicted octanol–water partition coefficient (Wildman–Crippen LogP) is 2.43. The van der Waals surface area contributed by atoms with E-state index in [1.165, 1.54) is 0 Å². The average molecular weight is 293 g/mol. The van der Waals surface area contributed by atoms with E-state index < -0.39 is 35.3 Å². The van der Waals surface area contributed by atoms with Crippen molar-refractivity contribution in [2.75, 3.05) is 5.32 Å². The molecule has 0 aromatic heterocycles. The number of anilines is 1. The van der Waals surface area contributed by atoms with Crippen molar-refractivity contribution in [2.24, 2.45) is 23.7 Å². The number of carboxylic acid groups (broad SMARTS) is 1. The van der Waals surface area contributed by atoms with Gasteiger partial charge in [-0.15, -0.1) is 0 Å². The maximum absolute atomic E-state index is 13.5. The molecule has 2 bridgehead atoms. The number of fused-ring (bicyclic) bond motifs is 2. The van der Waals surface area contributed by atoms with Crippen molar-refractivity contribution in [1.82, 2.24) is 0 Å². The fourth-order valence-electron chi connectivity index (χ4n) is 3.33. The highest BCUT2D eigenvalue weighted by Crippen LogP contribution is 2.48. The number of benzene rings is 1. The van der Waals surface area contributed by atoms with Crippen LogP contribution in [0.4, 0.5) is 14.5 Å². The monoisotopic (exact) mass is 293 g/mol. The van der Waals surface area contributed by atoms with E-state index in [-0.39, 0.29) is 17.5 Å². The lowest BCUT2D eigenvalue weighted by Gasteiger charge is -2.23. The Morgan fingerprint density at radius 2 is 1.81 bits per heavy atom. The van der Waals surface area contributed by atoms with Gasteiger partial charge in [0.25, 0.3) is 0 Å². The van der Waals surface area contributed by atoms with Crippen LogP contribution in [0.2, 0.25) is 0 Å². The molecule has 0 aliphatic heterocycles. The molecule has 1 aromatic rings. The predicted molar refractivity (Wildman–Crippen MR) is 70.3 cm³/mol. The van der Waals surface area contributed by atoms with Crippen molar-refractivity contribution >= 4 is 17.6 Å². The molecule has 3 rings (SSSR count). The molecule has 4 atom stereocenters. The minimum absolute atomic E-state index is 0.160. The molecule has 6 heteroatoms. The lowest BCUT2D eigenvalue weighted by Crippen LogP contribution is -2.36. The van der Waals surface area contributed by atoms with Crippen LogP contribution in [0.5, 0.6) is 0 Å². The van der Waals surface area contributed by atoms with Gasteiger partial charge in [0.2, 0.25) is 5.91 Å². The molecular formula is C15H13F2NO3. The summed E-state index contributed by atoms with van der Waals surface area (Å²) < 4.78 is 26.7. The van der Waals surface area contributed by atoms with Gasteiger partial charge < -0.3 is 10.4 Å². The number of halogens is 2. The number of rotatable bonds is 3. The number of carbonyl (C=O) groups excluding carboxylic acids is 1. The smallest absolute Gasteiger partial charge is 0.307 e. The molecule has 0 heterocycles. The molecule has 2 aliphatic rings. The Labute approximate surface area is 119 Å². The minimum atomic E-state index is -1.04. The summed E-state index contributed by atoms with van der Waals surface area (Å²) in [4.78, 5) is 23.6. The van der Waals surface area contributed by atoms with Gasteiger partial charge in [0.15, 0.2) is 0 Å². The standard InChI is InChI=1S/C15H13F2NO3/c16-9-3-4-10(17)11(6-9)18-14(19)12-7-1-2-8(5-7)13(12)15(20)21/h1-4,6-8,12-13H,5H2,(H,18,19)(H,20,21)/t7-,8+,12-,13+/m0/s1. The molecule has 4 nitrogen and oxygen atoms in total. The summed E-state index contributed by atoms with van der Waals surface area (Å²) in [7, 11) is 0. The molecule has 1 amide bonds. The number of allylic oxidation sites excluding steroid dienone is 2. The molecule has 0 radical (unpaired) electrons. The first-order chi connectivity index (χ1) is 9.97. The number of carboxylic acids is 1. The lowest BCUT2D eigenvalue weighted by molar-refractivity contribution is -0.146. The van der Waals surface area contributed by atoms with Gasteiger partial charge in [-0.3, -0.25) is 9.59 Å². The first-order valence-corrected chi connectivity index (χ1v) is 6.64. The first kappa shape index (κ1) is 13.7. The third-order valence-corrected chi connectivity index (χ3v) is 4.23. The van der Waals surface area contributed by atoms with Gasteiger partial charge in [-0.25, -0.2) is 8.78 Å². The fourth-order valence-corrected chi connectivity index (χ4v) is 3.33. The molecule has 1 aromatic carbocycles. The number of nitrogens with one attached hydrogen (secondary N) is 1. The van der Waals surface area contributed by atoms with Gasteiger partial charge in [0.05, 0.1) is 17.5 Å². The summed E-state index contributed by atoms with van der Waals surface area (Å²) in [6.07, 6.45) is 4.26. The van der Waals surface area contributed by atoms with Crippen LogP contribution in [0.15, 0.2) is 30.4 Å². The van der Waals surface area contributed by atoms with Crippen LogP contribution in [0.3, 0.4) is 0 Å². The van der Waals surface area contributed by atoms with E-state index in [1.807, 2.05) is 12.2 Å². The Kier molecular flexibility index (Phi) is 3.23. The van der Waals surface area contributed by atoms with Gasteiger partial charge >= 0.3 is 5.97 Å². The molecule has 1 saturated carbocycles. The van der Waals surface area contributed by atoms with Crippen LogP contribution >= 0.6 is 0 Å². The van der Waals surface area contributed by atoms with E-state index in [4.69, 9.17) is 0 Å². The number of aliphatic carboxylic acids is 1. The average Bonchev–Trinajstić information content (AvgIpc) is 3.03. The number of carbonyl (C=O) groups is 2. The Hall–Kier alpha value is -2.24. The van der Waals surface area contributed by atoms with Gasteiger partial charge in [-0.1, -0.05) is 12.2 Å². The SMILES string of the molecule is O=C(Nc1cc(F)ccc1F)[C@@H]1[C@H](C(=O)O)[C@@H]2C=C[C@H]1C2. The van der Waals surface area contributed by atoms with E-state index in [1.54, 1.807) is 0 Å². The van der Waals surface area contributed by atoms with Crippen molar-refractivity contribution in [3.63, 3.8) is 0 Å². The largest absolute Gasteiger partial charge is 0.481 e. The van der Waals surface area contributed by atoms with Crippen LogP contribution in [0.1, 0.15) is 6.42 Å². The van der Waals surface area contributed by atoms with E-state index in [0.717, 1.165) is 18.2 Å². The van der Waals surface area contributed by atoms with Crippen LogP contribution in [0.25, 0.3) is 0 Å². The van der Waals surface area contributed by atoms with Crippen molar-refractivity contribution < 1.29 is 23.5 Å². The highest BCUT2D eigenvalue weighted by atomic mass is 19.1. The van der Waals surface area contributed by atoms with Crippen molar-refractivity contribution in [3.8, 4) is 0 Å². The van der Waals surface area contributed by atoms with Crippen LogP contribution in [-0.2, 0) is 9.59 Å². The van der Waals surface area contributed by atoms with Gasteiger partial charge in [-0.2, -0.15) is 0 Å². The molecule has 1 fully saturated rings. The second-order valence-electron chi connectivity index (χ2n) is 5.45. The Morgan fingerprint density at radius 3 is 2.48 bits per heavy atom. The van der Waals surface area contributed by atoms with Crippen molar-refractivity contribution in [1.29, 1.82) is 0 Å². The molecule has 0 spiro atoms. The molecule has 0 saturated heterocycles. The van der Waals surface area contributed by atoms with Crippen molar-refractivity contribution in [2.45, 2.75) is 6.42 Å². The Bertz CT molecular complexity index is 644. The minimum Gasteiger partial charge on any atom is -0.481 e. The number of amides is 1. The fraction of sp³-hybridized carbons (Fsp3) is 0.333. The van der Waals surface area contributed by atoms with Gasteiger partial charge in [0.1, 0.15) is 11.6 Å². The van der Waals surface area contributed by atoms with Crippen LogP contribution < -0.4 is 5.32 Å². The highest BCUT2D eigenvalue weighted by Gasteiger charge is 2.51.